The number of aromatic hydroxyl groups is 2. The van der Waals surface area contributed by atoms with E-state index in [1.54, 1.807) is 0 Å². The van der Waals surface area contributed by atoms with E-state index in [0.717, 1.165) is 10.3 Å². The van der Waals surface area contributed by atoms with E-state index >= 15 is 0 Å². The summed E-state index contributed by atoms with van der Waals surface area (Å²) in [6.07, 6.45) is 5.71. The minimum absolute atomic E-state index is 0.0345. The topological polar surface area (TPSA) is 71.7 Å². The third-order valence-corrected chi connectivity index (χ3v) is 2.80. The fourth-order valence-corrected chi connectivity index (χ4v) is 2.22. The van der Waals surface area contributed by atoms with Gasteiger partial charge in [0.15, 0.2) is 0 Å². The van der Waals surface area contributed by atoms with E-state index in [0.29, 0.717) is 11.1 Å². The van der Waals surface area contributed by atoms with Gasteiger partial charge < -0.3 is 15.1 Å². The monoisotopic (exact) mass is 219 g/mol. The molecule has 5 nitrogen and oxygen atoms in total. The van der Waals surface area contributed by atoms with Gasteiger partial charge >= 0.3 is 5.97 Å². The van der Waals surface area contributed by atoms with Gasteiger partial charge in [-0.2, -0.15) is 0 Å². The smallest absolute Gasteiger partial charge is 0.330 e. The summed E-state index contributed by atoms with van der Waals surface area (Å²) in [5.74, 6) is -1.09. The average molecular weight is 219 g/mol. The first-order chi connectivity index (χ1) is 7.59. The van der Waals surface area contributed by atoms with Crippen LogP contribution in [0.2, 0.25) is 0 Å². The van der Waals surface area contributed by atoms with Gasteiger partial charge in [-0.15, -0.1) is 4.73 Å². The summed E-state index contributed by atoms with van der Waals surface area (Å²) < 4.78 is 0.764. The van der Waals surface area contributed by atoms with Crippen molar-refractivity contribution in [1.29, 1.82) is 0 Å². The molecule has 1 heterocycles. The molecule has 1 atom stereocenters. The highest BCUT2D eigenvalue weighted by Crippen LogP contribution is 2.51. The molecular weight excluding hydrogens is 210 g/mol. The van der Waals surface area contributed by atoms with E-state index in [2.05, 4.69) is 0 Å². The van der Waals surface area contributed by atoms with Crippen LogP contribution in [0.15, 0.2) is 18.2 Å². The zero-order chi connectivity index (χ0) is 11.4. The highest BCUT2D eigenvalue weighted by atomic mass is 16.7. The highest BCUT2D eigenvalue weighted by Gasteiger charge is 2.36. The van der Waals surface area contributed by atoms with Crippen molar-refractivity contribution >= 4 is 11.5 Å². The molecule has 1 aromatic rings. The van der Waals surface area contributed by atoms with E-state index in [4.69, 9.17) is 4.84 Å². The number of rotatable bonds is 1. The van der Waals surface area contributed by atoms with Crippen molar-refractivity contribution in [2.24, 2.45) is 0 Å². The number of carbonyl (C=O) groups is 1. The first-order valence-electron chi connectivity index (χ1n) is 4.85. The molecule has 2 aliphatic carbocycles. The molecule has 2 bridgehead atoms. The van der Waals surface area contributed by atoms with E-state index in [1.165, 1.54) is 6.92 Å². The Hall–Kier alpha value is -2.17. The lowest BCUT2D eigenvalue weighted by Crippen LogP contribution is -2.15. The molecule has 0 amide bonds. The van der Waals surface area contributed by atoms with Crippen LogP contribution in [-0.4, -0.2) is 20.9 Å². The molecule has 3 rings (SSSR count). The zero-order valence-corrected chi connectivity index (χ0v) is 8.47. The lowest BCUT2D eigenvalue weighted by molar-refractivity contribution is -0.142. The van der Waals surface area contributed by atoms with Gasteiger partial charge in [0.1, 0.15) is 0 Å². The number of nitrogens with zero attached hydrogens (tertiary/aromatic N) is 1. The van der Waals surface area contributed by atoms with Gasteiger partial charge in [0.25, 0.3) is 0 Å². The zero-order valence-electron chi connectivity index (χ0n) is 8.47. The normalized spacial score (nSPS) is 19.8. The van der Waals surface area contributed by atoms with Crippen molar-refractivity contribution in [3.8, 4) is 11.8 Å². The van der Waals surface area contributed by atoms with Crippen LogP contribution >= 0.6 is 0 Å². The lowest BCUT2D eigenvalue weighted by Gasteiger charge is -2.05. The van der Waals surface area contributed by atoms with E-state index < -0.39 is 5.97 Å². The summed E-state index contributed by atoms with van der Waals surface area (Å²) in [5, 5.41) is 19.7. The third kappa shape index (κ3) is 0.920. The summed E-state index contributed by atoms with van der Waals surface area (Å²) in [5.41, 5.74) is 1.99. The molecule has 1 aromatic heterocycles. The average Bonchev–Trinajstić information content (AvgIpc) is 2.87. The first-order valence-corrected chi connectivity index (χ1v) is 4.85. The summed E-state index contributed by atoms with van der Waals surface area (Å²) in [4.78, 5) is 15.5. The number of allylic oxidation sites excluding steroid dienone is 4. The highest BCUT2D eigenvalue weighted by molar-refractivity contribution is 5.90. The second kappa shape index (κ2) is 2.69. The second-order valence-electron chi connectivity index (χ2n) is 3.82. The van der Waals surface area contributed by atoms with E-state index in [9.17, 15) is 15.0 Å². The Balaban J connectivity index is 2.18. The largest absolute Gasteiger partial charge is 0.492 e. The van der Waals surface area contributed by atoms with Crippen LogP contribution < -0.4 is 4.84 Å². The van der Waals surface area contributed by atoms with Crippen LogP contribution in [0.25, 0.3) is 5.57 Å². The maximum absolute atomic E-state index is 10.8. The van der Waals surface area contributed by atoms with E-state index in [-0.39, 0.29) is 17.7 Å². The Morgan fingerprint density at radius 2 is 2.19 bits per heavy atom. The number of hydrogen-bond donors (Lipinski definition) is 2. The van der Waals surface area contributed by atoms with Crippen LogP contribution in [0, 0.1) is 0 Å². The van der Waals surface area contributed by atoms with Crippen LogP contribution in [0.3, 0.4) is 0 Å². The fourth-order valence-electron chi connectivity index (χ4n) is 2.22. The molecule has 0 radical (unpaired) electrons. The van der Waals surface area contributed by atoms with Crippen molar-refractivity contribution in [3.05, 3.63) is 29.4 Å². The van der Waals surface area contributed by atoms with Gasteiger partial charge in [0.05, 0.1) is 5.56 Å². The Kier molecular flexibility index (Phi) is 1.53. The number of carbonyl (C=O) groups excluding carboxylic acids is 1. The predicted molar refractivity (Wildman–Crippen MR) is 54.9 cm³/mol. The molecule has 16 heavy (non-hydrogen) atoms. The molecule has 1 unspecified atom stereocenters. The van der Waals surface area contributed by atoms with Crippen LogP contribution in [0.4, 0.5) is 0 Å². The quantitative estimate of drug-likeness (QED) is 0.736. The van der Waals surface area contributed by atoms with Crippen molar-refractivity contribution in [2.75, 3.05) is 0 Å². The Morgan fingerprint density at radius 3 is 2.81 bits per heavy atom. The van der Waals surface area contributed by atoms with Gasteiger partial charge in [0, 0.05) is 18.4 Å². The van der Waals surface area contributed by atoms with Crippen molar-refractivity contribution in [3.63, 3.8) is 0 Å². The molecule has 0 aliphatic heterocycles. The number of fused-ring (bicyclic) bond motifs is 4. The number of aromatic nitrogens is 1. The third-order valence-electron chi connectivity index (χ3n) is 2.80. The fraction of sp³-hybridized carbons (Fsp3) is 0.182. The van der Waals surface area contributed by atoms with Gasteiger partial charge in [-0.25, -0.2) is 4.79 Å². The molecule has 2 N–H and O–H groups in total. The summed E-state index contributed by atoms with van der Waals surface area (Å²) in [6.45, 7) is 1.20. The van der Waals surface area contributed by atoms with E-state index in [1.807, 2.05) is 18.2 Å². The SMILES string of the molecule is CC(=O)On1c(O)c2c(c1O)C1C=CC2=C1. The minimum Gasteiger partial charge on any atom is -0.492 e. The van der Waals surface area contributed by atoms with Crippen LogP contribution in [-0.2, 0) is 4.79 Å². The van der Waals surface area contributed by atoms with Crippen molar-refractivity contribution in [1.82, 2.24) is 4.73 Å². The summed E-state index contributed by atoms with van der Waals surface area (Å²) in [7, 11) is 0. The van der Waals surface area contributed by atoms with Gasteiger partial charge in [-0.05, 0) is 5.57 Å². The van der Waals surface area contributed by atoms with Gasteiger partial charge in [-0.1, -0.05) is 18.2 Å². The van der Waals surface area contributed by atoms with Crippen LogP contribution in [0.5, 0.6) is 11.8 Å². The Labute approximate surface area is 90.8 Å². The maximum atomic E-state index is 10.8. The second-order valence-corrected chi connectivity index (χ2v) is 3.82. The van der Waals surface area contributed by atoms with Crippen molar-refractivity contribution < 1.29 is 19.8 Å². The molecule has 2 aliphatic rings. The maximum Gasteiger partial charge on any atom is 0.330 e. The molecule has 0 fully saturated rings. The minimum atomic E-state index is -0.603. The molecule has 5 heteroatoms. The first kappa shape index (κ1) is 9.08. The van der Waals surface area contributed by atoms with Crippen molar-refractivity contribution in [2.45, 2.75) is 12.8 Å². The molecule has 0 aromatic carbocycles. The Morgan fingerprint density at radius 1 is 1.44 bits per heavy atom. The molecule has 0 spiro atoms. The molecule has 0 saturated heterocycles. The lowest BCUT2D eigenvalue weighted by atomic mass is 10.00. The van der Waals surface area contributed by atoms with Gasteiger partial charge in [-0.3, -0.25) is 0 Å². The number of hydrogen-bond acceptors (Lipinski definition) is 4. The van der Waals surface area contributed by atoms with Crippen LogP contribution in [0.1, 0.15) is 24.0 Å². The molecular formula is C11H9NO4. The van der Waals surface area contributed by atoms with Gasteiger partial charge in [0.2, 0.25) is 11.8 Å². The molecule has 0 saturated carbocycles. The summed E-state index contributed by atoms with van der Waals surface area (Å²) in [6, 6.07) is 0. The summed E-state index contributed by atoms with van der Waals surface area (Å²) >= 11 is 0. The standard InChI is InChI=1S/C11H9NO4/c1-5(13)16-12-10(14)8-6-2-3-7(4-6)9(8)11(12)15/h2-4,6,14-15H,1H3. The molecule has 82 valence electrons. The Bertz CT molecular complexity index is 565. The predicted octanol–water partition coefficient (Wildman–Crippen LogP) is 0.925.